The van der Waals surface area contributed by atoms with Gasteiger partial charge in [-0.25, -0.2) is 0 Å². The van der Waals surface area contributed by atoms with Crippen molar-refractivity contribution in [2.45, 2.75) is 29.5 Å². The summed E-state index contributed by atoms with van der Waals surface area (Å²) >= 11 is 0. The van der Waals surface area contributed by atoms with Gasteiger partial charge in [-0.15, -0.1) is 0 Å². The number of aliphatic hydroxyl groups excluding tert-OH is 1. The first-order chi connectivity index (χ1) is 16.8. The molecule has 0 aromatic heterocycles. The van der Waals surface area contributed by atoms with Crippen molar-refractivity contribution in [1.82, 2.24) is 0 Å². The third-order valence-corrected chi connectivity index (χ3v) is 6.15. The third-order valence-electron chi connectivity index (χ3n) is 6.15. The van der Waals surface area contributed by atoms with Crippen molar-refractivity contribution in [3.63, 3.8) is 0 Å². The van der Waals surface area contributed by atoms with Gasteiger partial charge in [-0.1, -0.05) is 91.0 Å². The maximum Gasteiger partial charge on any atom is 0.206 e. The largest absolute Gasteiger partial charge is 0.382 e. The van der Waals surface area contributed by atoms with E-state index in [4.69, 9.17) is 4.74 Å². The van der Waals surface area contributed by atoms with Gasteiger partial charge in [0, 0.05) is 16.7 Å². The molecule has 1 heterocycles. The maximum atomic E-state index is 13.7. The Morgan fingerprint density at radius 1 is 0.743 bits per heavy atom. The summed E-state index contributed by atoms with van der Waals surface area (Å²) in [6, 6.07) is 23.7. The van der Waals surface area contributed by atoms with Gasteiger partial charge in [-0.3, -0.25) is 14.4 Å². The van der Waals surface area contributed by atoms with Crippen molar-refractivity contribution in [3.05, 3.63) is 108 Å². The van der Waals surface area contributed by atoms with Crippen molar-refractivity contribution >= 4 is 17.3 Å². The van der Waals surface area contributed by atoms with E-state index in [2.05, 4.69) is 0 Å². The van der Waals surface area contributed by atoms with Gasteiger partial charge in [0.25, 0.3) is 0 Å². The predicted molar refractivity (Wildman–Crippen MR) is 122 cm³/mol. The number of nitriles is 1. The Kier molecular flexibility index (Phi) is 6.43. The van der Waals surface area contributed by atoms with Gasteiger partial charge in [0.05, 0.1) is 6.07 Å². The zero-order valence-corrected chi connectivity index (χ0v) is 18.3. The lowest BCUT2D eigenvalue weighted by molar-refractivity contribution is -0.105. The molecule has 1 aliphatic heterocycles. The van der Waals surface area contributed by atoms with E-state index in [9.17, 15) is 35.0 Å². The molecule has 8 heteroatoms. The fourth-order valence-corrected chi connectivity index (χ4v) is 4.31. The lowest BCUT2D eigenvalue weighted by atomic mass is 9.68. The smallest absolute Gasteiger partial charge is 0.206 e. The number of rotatable bonds is 7. The Morgan fingerprint density at radius 2 is 1.14 bits per heavy atom. The number of carbonyl (C=O) groups is 3. The van der Waals surface area contributed by atoms with Crippen molar-refractivity contribution in [1.29, 1.82) is 5.26 Å². The molecular weight excluding hydrogens is 450 g/mol. The third kappa shape index (κ3) is 3.77. The molecule has 0 amide bonds. The minimum atomic E-state index is -3.19. The summed E-state index contributed by atoms with van der Waals surface area (Å²) in [6.45, 7) is 0. The van der Waals surface area contributed by atoms with E-state index in [1.165, 1.54) is 60.7 Å². The average Bonchev–Trinajstić information content (AvgIpc) is 3.16. The van der Waals surface area contributed by atoms with Gasteiger partial charge in [-0.05, 0) is 0 Å². The first-order valence-electron chi connectivity index (χ1n) is 10.7. The Hall–Kier alpha value is -4.00. The summed E-state index contributed by atoms with van der Waals surface area (Å²) < 4.78 is 5.46. The average molecular weight is 471 g/mol. The fourth-order valence-electron chi connectivity index (χ4n) is 4.31. The number of hydrogen-bond acceptors (Lipinski definition) is 8. The molecule has 35 heavy (non-hydrogen) atoms. The Balaban J connectivity index is 1.90. The van der Waals surface area contributed by atoms with E-state index in [-0.39, 0.29) is 16.7 Å². The Labute approximate surface area is 200 Å². The molecule has 1 saturated heterocycles. The summed E-state index contributed by atoms with van der Waals surface area (Å²) in [5.74, 6) is -3.28. The normalized spacial score (nSPS) is 26.5. The number of Topliss-reactive ketones (excluding diaryl/α,β-unsaturated/α-hetero) is 3. The van der Waals surface area contributed by atoms with Crippen LogP contribution in [0.15, 0.2) is 91.0 Å². The number of benzene rings is 3. The SMILES string of the molecule is N#C[C@@H]1O[C@H](C(O)C(=O)c2ccccc2)[C@](O)(C(=O)c2ccccc2)[C@]1(O)C(=O)c1ccccc1. The van der Waals surface area contributed by atoms with Gasteiger partial charge in [-0.2, -0.15) is 5.26 Å². The van der Waals surface area contributed by atoms with Gasteiger partial charge in [0.15, 0.2) is 17.5 Å². The first kappa shape index (κ1) is 24.1. The second-order valence-electron chi connectivity index (χ2n) is 8.16. The monoisotopic (exact) mass is 471 g/mol. The maximum absolute atomic E-state index is 13.7. The summed E-state index contributed by atoms with van der Waals surface area (Å²) in [4.78, 5) is 40.2. The van der Waals surface area contributed by atoms with Gasteiger partial charge in [0.2, 0.25) is 17.2 Å². The molecule has 1 aliphatic rings. The molecule has 1 unspecified atom stereocenters. The molecule has 8 nitrogen and oxygen atoms in total. The number of aliphatic hydroxyl groups is 3. The Bertz CT molecular complexity index is 1290. The van der Waals surface area contributed by atoms with Gasteiger partial charge >= 0.3 is 0 Å². The van der Waals surface area contributed by atoms with Crippen LogP contribution in [-0.4, -0.2) is 62.2 Å². The second kappa shape index (κ2) is 9.33. The molecule has 4 rings (SSSR count). The van der Waals surface area contributed by atoms with E-state index in [1.807, 2.05) is 0 Å². The molecule has 5 atom stereocenters. The Morgan fingerprint density at radius 3 is 1.57 bits per heavy atom. The van der Waals surface area contributed by atoms with Crippen LogP contribution in [0.5, 0.6) is 0 Å². The first-order valence-corrected chi connectivity index (χ1v) is 10.7. The number of ketones is 3. The molecular formula is C27H21NO7. The highest BCUT2D eigenvalue weighted by Gasteiger charge is 2.75. The minimum absolute atomic E-state index is 0.0384. The molecule has 3 N–H and O–H groups in total. The van der Waals surface area contributed by atoms with Crippen LogP contribution in [0.3, 0.4) is 0 Å². The van der Waals surface area contributed by atoms with Gasteiger partial charge < -0.3 is 20.1 Å². The number of hydrogen-bond donors (Lipinski definition) is 3. The number of nitrogens with zero attached hydrogens (tertiary/aromatic N) is 1. The zero-order valence-electron chi connectivity index (χ0n) is 18.3. The van der Waals surface area contributed by atoms with Crippen LogP contribution in [0.1, 0.15) is 31.1 Å². The highest BCUT2D eigenvalue weighted by molar-refractivity contribution is 6.14. The zero-order chi connectivity index (χ0) is 25.2. The van der Waals surface area contributed by atoms with E-state index in [0.717, 1.165) is 0 Å². The molecule has 3 aromatic rings. The fraction of sp³-hybridized carbons (Fsp3) is 0.185. The standard InChI is InChI=1S/C27H21NO7/c28-16-20-26(33,23(31)18-12-6-2-7-13-18)27(34,24(32)19-14-8-3-9-15-19)25(35-20)22(30)21(29)17-10-4-1-5-11-17/h1-15,20,22,25,30,33-34H/t20-,22?,25+,26+,27+/m0/s1. The summed E-state index contributed by atoms with van der Waals surface area (Å²) in [6.07, 6.45) is -6.40. The van der Waals surface area contributed by atoms with Crippen LogP contribution >= 0.6 is 0 Å². The quantitative estimate of drug-likeness (QED) is 0.442. The van der Waals surface area contributed by atoms with Crippen LogP contribution in [0.4, 0.5) is 0 Å². The van der Waals surface area contributed by atoms with Crippen molar-refractivity contribution in [2.24, 2.45) is 0 Å². The van der Waals surface area contributed by atoms with Crippen molar-refractivity contribution < 1.29 is 34.4 Å². The summed E-state index contributed by atoms with van der Waals surface area (Å²) in [5.41, 5.74) is -6.52. The van der Waals surface area contributed by atoms with Crippen LogP contribution in [0.2, 0.25) is 0 Å². The van der Waals surface area contributed by atoms with Crippen molar-refractivity contribution in [2.75, 3.05) is 0 Å². The minimum Gasteiger partial charge on any atom is -0.382 e. The van der Waals surface area contributed by atoms with Crippen LogP contribution in [0, 0.1) is 11.3 Å². The summed E-state index contributed by atoms with van der Waals surface area (Å²) in [7, 11) is 0. The number of carbonyl (C=O) groups excluding carboxylic acids is 3. The second-order valence-corrected chi connectivity index (χ2v) is 8.16. The molecule has 1 fully saturated rings. The van der Waals surface area contributed by atoms with Crippen LogP contribution in [0.25, 0.3) is 0 Å². The highest BCUT2D eigenvalue weighted by atomic mass is 16.6. The van der Waals surface area contributed by atoms with E-state index >= 15 is 0 Å². The van der Waals surface area contributed by atoms with E-state index in [1.54, 1.807) is 36.4 Å². The lowest BCUT2D eigenvalue weighted by Crippen LogP contribution is -2.69. The van der Waals surface area contributed by atoms with Crippen LogP contribution in [-0.2, 0) is 4.74 Å². The molecule has 0 saturated carbocycles. The van der Waals surface area contributed by atoms with Crippen LogP contribution < -0.4 is 0 Å². The molecule has 0 bridgehead atoms. The molecule has 0 spiro atoms. The lowest BCUT2D eigenvalue weighted by Gasteiger charge is -2.38. The van der Waals surface area contributed by atoms with E-state index in [0.29, 0.717) is 0 Å². The highest BCUT2D eigenvalue weighted by Crippen LogP contribution is 2.45. The molecule has 3 aromatic carbocycles. The van der Waals surface area contributed by atoms with Gasteiger partial charge in [0.1, 0.15) is 12.2 Å². The molecule has 0 aliphatic carbocycles. The van der Waals surface area contributed by atoms with Crippen molar-refractivity contribution in [3.8, 4) is 6.07 Å². The topological polar surface area (TPSA) is 145 Å². The predicted octanol–water partition coefficient (Wildman–Crippen LogP) is 1.75. The van der Waals surface area contributed by atoms with E-state index < -0.39 is 46.9 Å². The molecule has 176 valence electrons. The summed E-state index contributed by atoms with van der Waals surface area (Å²) in [5, 5.41) is 44.3. The molecule has 0 radical (unpaired) electrons. The number of ether oxygens (including phenoxy) is 1.